The third-order valence-corrected chi connectivity index (χ3v) is 10.7. The van der Waals surface area contributed by atoms with Gasteiger partial charge in [0.2, 0.25) is 0 Å². The second kappa shape index (κ2) is 11.9. The summed E-state index contributed by atoms with van der Waals surface area (Å²) in [4.78, 5) is 15.3. The lowest BCUT2D eigenvalue weighted by Gasteiger charge is -2.40. The number of rotatable bonds is 10. The molecule has 0 radical (unpaired) electrons. The summed E-state index contributed by atoms with van der Waals surface area (Å²) < 4.78 is 44.2. The van der Waals surface area contributed by atoms with Crippen molar-refractivity contribution in [2.24, 2.45) is 0 Å². The molecule has 3 aromatic rings. The van der Waals surface area contributed by atoms with Crippen LogP contribution in [0.5, 0.6) is 0 Å². The zero-order valence-electron chi connectivity index (χ0n) is 24.7. The van der Waals surface area contributed by atoms with Crippen molar-refractivity contribution >= 4 is 67.3 Å². The lowest BCUT2D eigenvalue weighted by Crippen LogP contribution is -2.49. The Labute approximate surface area is 271 Å². The standard InChI is InChI=1S/C32H34Cl2N4O6S/c33-22-18-26-27(19-23(22)34)38-15-11-29-21(32(38)36(26)13-6-16-45(41,42)43)17-20-28(44-29)10-14-37-25-8-4-3-7-24(25)35(31(20)37)12-5-1-2-9-30(39)40/h3-4,7-8,17-19,28-29H,1-2,5-6,9-16H2,(H-,39,40,41,42,43)/p+1. The van der Waals surface area contributed by atoms with Crippen LogP contribution in [0, 0.1) is 0 Å². The number of ether oxygens (including phenoxy) is 1. The highest BCUT2D eigenvalue weighted by atomic mass is 35.5. The van der Waals surface area contributed by atoms with Crippen LogP contribution in [0.2, 0.25) is 10.0 Å². The topological polar surface area (TPSA) is 116 Å². The number of aromatic nitrogens is 2. The summed E-state index contributed by atoms with van der Waals surface area (Å²) >= 11 is 13.0. The van der Waals surface area contributed by atoms with Gasteiger partial charge in [-0.1, -0.05) is 35.3 Å². The molecular weight excluding hydrogens is 639 g/mol. The number of halogens is 2. The molecule has 7 rings (SSSR count). The summed E-state index contributed by atoms with van der Waals surface area (Å²) in [5.74, 6) is 0.916. The second-order valence-corrected chi connectivity index (χ2v) is 14.5. The van der Waals surface area contributed by atoms with Gasteiger partial charge in [-0.25, -0.2) is 9.13 Å². The molecule has 0 aliphatic carbocycles. The zero-order valence-corrected chi connectivity index (χ0v) is 27.0. The van der Waals surface area contributed by atoms with Crippen LogP contribution in [0.4, 0.5) is 11.4 Å². The Hall–Kier alpha value is -3.09. The Kier molecular flexibility index (Phi) is 8.10. The summed E-state index contributed by atoms with van der Waals surface area (Å²) in [6, 6.07) is 12.1. The van der Waals surface area contributed by atoms with Crippen LogP contribution in [0.3, 0.4) is 0 Å². The van der Waals surface area contributed by atoms with E-state index in [1.54, 1.807) is 0 Å². The summed E-state index contributed by atoms with van der Waals surface area (Å²) in [5.41, 5.74) is 6.18. The maximum atomic E-state index is 11.6. The molecule has 0 fully saturated rings. The Bertz CT molecular complexity index is 1870. The first-order valence-corrected chi connectivity index (χ1v) is 17.8. The largest absolute Gasteiger partial charge is 0.481 e. The van der Waals surface area contributed by atoms with Gasteiger partial charge in [-0.3, -0.25) is 9.35 Å². The van der Waals surface area contributed by atoms with Crippen molar-refractivity contribution in [2.45, 2.75) is 70.2 Å². The molecule has 0 saturated heterocycles. The van der Waals surface area contributed by atoms with Gasteiger partial charge in [-0.05, 0) is 62.4 Å². The highest BCUT2D eigenvalue weighted by Gasteiger charge is 2.46. The van der Waals surface area contributed by atoms with Gasteiger partial charge < -0.3 is 19.6 Å². The van der Waals surface area contributed by atoms with Gasteiger partial charge in [0.1, 0.15) is 5.82 Å². The van der Waals surface area contributed by atoms with Gasteiger partial charge in [-0.2, -0.15) is 8.42 Å². The van der Waals surface area contributed by atoms with E-state index in [1.807, 2.05) is 12.1 Å². The molecule has 2 atom stereocenters. The number of fused-ring (bicyclic) bond motifs is 9. The number of carboxylic acid groups (broad SMARTS) is 1. The Morgan fingerprint density at radius 1 is 1.00 bits per heavy atom. The fraction of sp³-hybridized carbons (Fsp3) is 0.438. The average Bonchev–Trinajstić information content (AvgIpc) is 3.48. The molecule has 0 bridgehead atoms. The number of aliphatic carboxylic acids is 1. The Morgan fingerprint density at radius 2 is 1.78 bits per heavy atom. The van der Waals surface area contributed by atoms with Crippen molar-refractivity contribution in [3.8, 4) is 0 Å². The predicted octanol–water partition coefficient (Wildman–Crippen LogP) is 5.65. The minimum atomic E-state index is -4.12. The van der Waals surface area contributed by atoms with E-state index in [0.717, 1.165) is 84.0 Å². The Morgan fingerprint density at radius 3 is 2.56 bits per heavy atom. The molecule has 4 aliphatic rings. The van der Waals surface area contributed by atoms with Crippen molar-refractivity contribution in [3.63, 3.8) is 0 Å². The summed E-state index contributed by atoms with van der Waals surface area (Å²) in [6.45, 7) is 2.66. The van der Waals surface area contributed by atoms with Crippen LogP contribution < -0.4 is 14.4 Å². The molecule has 0 amide bonds. The molecular formula is C32H35Cl2N4O6S+. The molecule has 0 saturated carbocycles. The molecule has 2 unspecified atom stereocenters. The predicted molar refractivity (Wildman–Crippen MR) is 173 cm³/mol. The van der Waals surface area contributed by atoms with Gasteiger partial charge in [-0.15, -0.1) is 0 Å². The van der Waals surface area contributed by atoms with E-state index in [0.29, 0.717) is 29.6 Å². The van der Waals surface area contributed by atoms with E-state index in [-0.39, 0.29) is 30.8 Å². The number of carboxylic acids is 1. The number of aryl methyl sites for hydroxylation is 2. The number of benzene rings is 2. The number of imidazole rings is 1. The van der Waals surface area contributed by atoms with E-state index in [2.05, 4.69) is 49.3 Å². The molecule has 2 aromatic carbocycles. The molecule has 4 aliphatic heterocycles. The van der Waals surface area contributed by atoms with Crippen LogP contribution >= 0.6 is 23.2 Å². The summed E-state index contributed by atoms with van der Waals surface area (Å²) in [5, 5.41) is 9.94. The molecule has 45 heavy (non-hydrogen) atoms. The first-order valence-electron chi connectivity index (χ1n) is 15.4. The third-order valence-electron chi connectivity index (χ3n) is 9.22. The monoisotopic (exact) mass is 673 g/mol. The molecule has 0 spiro atoms. The molecule has 5 heterocycles. The number of hydrogen-bond donors (Lipinski definition) is 2. The van der Waals surface area contributed by atoms with E-state index >= 15 is 0 Å². The minimum Gasteiger partial charge on any atom is -0.481 e. The molecule has 1 aromatic heterocycles. The normalized spacial score (nSPS) is 20.5. The number of carbonyl (C=O) groups is 1. The average molecular weight is 675 g/mol. The Balaban J connectivity index is 1.33. The molecule has 2 N–H and O–H groups in total. The lowest BCUT2D eigenvalue weighted by atomic mass is 9.90. The zero-order chi connectivity index (χ0) is 31.5. The second-order valence-electron chi connectivity index (χ2n) is 12.1. The quantitative estimate of drug-likeness (QED) is 0.161. The third kappa shape index (κ3) is 5.63. The smallest absolute Gasteiger partial charge is 0.303 e. The highest BCUT2D eigenvalue weighted by Crippen LogP contribution is 2.50. The SMILES string of the molecule is O=C(O)CCCCCn1c2[n+](c3ccccc31)CCC1OC3CCN4C(=C3C=C21)N(CCCS(=O)(=O)O)c1cc(Cl)c(Cl)cc14. The number of unbranched alkanes of at least 4 members (excludes halogenated alkanes) is 2. The first-order chi connectivity index (χ1) is 21.6. The van der Waals surface area contributed by atoms with Crippen molar-refractivity contribution in [3.05, 3.63) is 69.7 Å². The van der Waals surface area contributed by atoms with E-state index in [9.17, 15) is 17.8 Å². The van der Waals surface area contributed by atoms with Gasteiger partial charge >= 0.3 is 5.97 Å². The van der Waals surface area contributed by atoms with Crippen molar-refractivity contribution in [1.29, 1.82) is 0 Å². The van der Waals surface area contributed by atoms with E-state index in [4.69, 9.17) is 33.0 Å². The molecule has 10 nitrogen and oxygen atoms in total. The lowest BCUT2D eigenvalue weighted by molar-refractivity contribution is -0.679. The van der Waals surface area contributed by atoms with Gasteiger partial charge in [0.25, 0.3) is 15.9 Å². The van der Waals surface area contributed by atoms with Crippen molar-refractivity contribution < 1.29 is 32.2 Å². The summed E-state index contributed by atoms with van der Waals surface area (Å²) in [7, 11) is -4.12. The van der Waals surface area contributed by atoms with Crippen LogP contribution in [-0.2, 0) is 32.7 Å². The van der Waals surface area contributed by atoms with Crippen LogP contribution in [0.25, 0.3) is 16.6 Å². The summed E-state index contributed by atoms with van der Waals surface area (Å²) in [6.07, 6.45) is 6.44. The maximum absolute atomic E-state index is 11.6. The van der Waals surface area contributed by atoms with E-state index < -0.39 is 16.1 Å². The maximum Gasteiger partial charge on any atom is 0.303 e. The molecule has 238 valence electrons. The highest BCUT2D eigenvalue weighted by molar-refractivity contribution is 7.85. The number of anilines is 2. The number of hydrogen-bond acceptors (Lipinski definition) is 6. The number of nitrogens with zero attached hydrogens (tertiary/aromatic N) is 4. The fourth-order valence-corrected chi connectivity index (χ4v) is 8.15. The fourth-order valence-electron chi connectivity index (χ4n) is 7.34. The van der Waals surface area contributed by atoms with Gasteiger partial charge in [0.15, 0.2) is 11.0 Å². The van der Waals surface area contributed by atoms with Crippen LogP contribution in [0.1, 0.15) is 50.8 Å². The van der Waals surface area contributed by atoms with Crippen LogP contribution in [0.15, 0.2) is 53.9 Å². The van der Waals surface area contributed by atoms with Crippen molar-refractivity contribution in [2.75, 3.05) is 28.6 Å². The van der Waals surface area contributed by atoms with E-state index in [1.165, 1.54) is 0 Å². The van der Waals surface area contributed by atoms with Gasteiger partial charge in [0, 0.05) is 31.5 Å². The van der Waals surface area contributed by atoms with Crippen LogP contribution in [-0.4, -0.2) is 59.7 Å². The first kappa shape index (κ1) is 30.6. The number of para-hydroxylation sites is 2. The molecule has 13 heteroatoms. The minimum absolute atomic E-state index is 0.0679. The van der Waals surface area contributed by atoms with Crippen molar-refractivity contribution in [1.82, 2.24) is 4.57 Å². The van der Waals surface area contributed by atoms with Gasteiger partial charge in [0.05, 0.1) is 58.0 Å².